The van der Waals surface area contributed by atoms with Gasteiger partial charge in [-0.05, 0) is 12.1 Å². The molecule has 2 aliphatic heterocycles. The molecule has 0 saturated carbocycles. The number of amides is 2. The van der Waals surface area contributed by atoms with Gasteiger partial charge in [0.1, 0.15) is 0 Å². The fraction of sp³-hybridized carbons (Fsp3) is 0. The van der Waals surface area contributed by atoms with Crippen molar-refractivity contribution in [3.05, 3.63) is 70.1 Å². The first-order valence-corrected chi connectivity index (χ1v) is 6.91. The fourth-order valence-electron chi connectivity index (χ4n) is 2.41. The third-order valence-electron chi connectivity index (χ3n) is 3.50. The molecule has 2 heterocycles. The summed E-state index contributed by atoms with van der Waals surface area (Å²) < 4.78 is 0. The van der Waals surface area contributed by atoms with Crippen LogP contribution in [0.15, 0.2) is 58.8 Å². The summed E-state index contributed by atoms with van der Waals surface area (Å²) in [4.78, 5) is 18.4. The number of hydrogen-bond acceptors (Lipinski definition) is 4. The molecule has 0 aliphatic carbocycles. The van der Waals surface area contributed by atoms with Crippen molar-refractivity contribution in [3.8, 4) is 0 Å². The van der Waals surface area contributed by atoms with E-state index in [0.29, 0.717) is 22.5 Å². The second kappa shape index (κ2) is 7.61. The van der Waals surface area contributed by atoms with Crippen LogP contribution in [0.5, 0.6) is 0 Å². The monoisotopic (exact) mass is 387 g/mol. The largest absolute Gasteiger partial charge is 0.791 e. The van der Waals surface area contributed by atoms with Crippen molar-refractivity contribution in [1.82, 2.24) is 0 Å². The maximum atomic E-state index is 10.3. The smallest absolute Gasteiger partial charge is 0.444 e. The second-order valence-corrected chi connectivity index (χ2v) is 4.92. The summed E-state index contributed by atoms with van der Waals surface area (Å²) in [6.45, 7) is 0. The van der Waals surface area contributed by atoms with Crippen LogP contribution >= 0.6 is 0 Å². The van der Waals surface area contributed by atoms with Crippen molar-refractivity contribution in [3.63, 3.8) is 0 Å². The molecule has 0 atom stereocenters. The molecule has 2 amide bonds. The Kier molecular flexibility index (Phi) is 5.53. The molecule has 2 aromatic carbocycles. The molecule has 131 valence electrons. The predicted molar refractivity (Wildman–Crippen MR) is 93.8 cm³/mol. The number of anilines is 2. The van der Waals surface area contributed by atoms with Gasteiger partial charge < -0.3 is 20.7 Å². The van der Waals surface area contributed by atoms with E-state index in [1.165, 1.54) is 0 Å². The van der Waals surface area contributed by atoms with Crippen molar-refractivity contribution >= 4 is 34.6 Å². The summed E-state index contributed by atoms with van der Waals surface area (Å²) >= 11 is 0. The Morgan fingerprint density at radius 1 is 0.680 bits per heavy atom. The van der Waals surface area contributed by atoms with E-state index in [0.717, 1.165) is 0 Å². The number of fused-ring (bicyclic) bond motifs is 2. The molecule has 8 nitrogen and oxygen atoms in total. The van der Waals surface area contributed by atoms with E-state index < -0.39 is 0 Å². The van der Waals surface area contributed by atoms with Gasteiger partial charge in [0.2, 0.25) is 0 Å². The first-order chi connectivity index (χ1) is 11.7. The fourth-order valence-corrected chi connectivity index (χ4v) is 2.41. The molecule has 0 spiro atoms. The van der Waals surface area contributed by atoms with E-state index in [-0.39, 0.29) is 40.3 Å². The Morgan fingerprint density at radius 3 is 1.40 bits per heavy atom. The average Bonchev–Trinajstić information content (AvgIpc) is 3.09. The van der Waals surface area contributed by atoms with Gasteiger partial charge in [-0.2, -0.15) is 0 Å². The third-order valence-corrected chi connectivity index (χ3v) is 3.50. The van der Waals surface area contributed by atoms with Crippen LogP contribution in [0.3, 0.4) is 0 Å². The Morgan fingerprint density at radius 2 is 1.04 bits per heavy atom. The summed E-state index contributed by atoms with van der Waals surface area (Å²) in [5.41, 5.74) is 2.86. The zero-order chi connectivity index (χ0) is 17.1. The van der Waals surface area contributed by atoms with Gasteiger partial charge in [-0.3, -0.25) is 20.2 Å². The maximum Gasteiger partial charge on any atom is 0.444 e. The standard InChI is InChI=1S/2C8H6N2O2.Cu/c2*11-8-7(10-12)5-3-1-2-4-6(5)9-8;/h2*1-4,12H,(H,9,10,11);. The molecular formula is C16H12CuN4O4. The Hall–Kier alpha value is -3.16. The van der Waals surface area contributed by atoms with Crippen LogP contribution in [0.1, 0.15) is 11.1 Å². The first-order valence-electron chi connectivity index (χ1n) is 6.91. The molecular weight excluding hydrogens is 376 g/mol. The number of benzene rings is 2. The summed E-state index contributed by atoms with van der Waals surface area (Å²) in [5.74, 6) is -0.350. The molecule has 0 bridgehead atoms. The number of para-hydroxylation sites is 2. The van der Waals surface area contributed by atoms with Crippen molar-refractivity contribution in [2.45, 2.75) is 0 Å². The van der Waals surface area contributed by atoms with Crippen molar-refractivity contribution in [1.29, 1.82) is 0 Å². The second-order valence-electron chi connectivity index (χ2n) is 4.92. The first kappa shape index (κ1) is 18.2. The van der Waals surface area contributed by atoms with E-state index in [1.54, 1.807) is 36.4 Å². The number of carbonyl (C=O) groups excluding carboxylic acids is 2. The number of nitrogens with one attached hydrogen (secondary N) is 2. The molecule has 25 heavy (non-hydrogen) atoms. The molecule has 2 aliphatic rings. The predicted octanol–water partition coefficient (Wildman–Crippen LogP) is 1.80. The molecule has 4 N–H and O–H groups in total. The van der Waals surface area contributed by atoms with E-state index >= 15 is 0 Å². The minimum Gasteiger partial charge on any atom is -0.791 e. The summed E-state index contributed by atoms with van der Waals surface area (Å²) in [6.07, 6.45) is 0. The molecule has 9 heteroatoms. The van der Waals surface area contributed by atoms with E-state index in [2.05, 4.69) is 20.9 Å². The van der Waals surface area contributed by atoms with Gasteiger partial charge in [0.05, 0.1) is 11.4 Å². The van der Waals surface area contributed by atoms with E-state index in [4.69, 9.17) is 0 Å². The third kappa shape index (κ3) is 3.37. The van der Waals surface area contributed by atoms with Gasteiger partial charge in [0.15, 0.2) is 11.4 Å². The molecule has 4 rings (SSSR count). The van der Waals surface area contributed by atoms with Crippen molar-refractivity contribution in [2.75, 3.05) is 10.6 Å². The number of hydrogen-bond donors (Lipinski definition) is 2. The van der Waals surface area contributed by atoms with Crippen LogP contribution in [0.25, 0.3) is 0 Å². The SMILES string of the molecule is [Cu].[O-]/N=C1/C(=[OH+])Nc2ccccc21.[O-]/N=C1/C(=[OH+])Nc2ccccc21. The van der Waals surface area contributed by atoms with Crippen molar-refractivity contribution in [2.24, 2.45) is 10.3 Å². The van der Waals surface area contributed by atoms with E-state index in [9.17, 15) is 20.0 Å². The van der Waals surface area contributed by atoms with Crippen LogP contribution in [0, 0.1) is 10.4 Å². The van der Waals surface area contributed by atoms with Gasteiger partial charge in [-0.25, -0.2) is 0 Å². The van der Waals surface area contributed by atoms with Gasteiger partial charge in [0, 0.05) is 28.2 Å². The van der Waals surface area contributed by atoms with Crippen LogP contribution in [0.4, 0.5) is 11.4 Å². The van der Waals surface area contributed by atoms with Gasteiger partial charge in [0.25, 0.3) is 0 Å². The zero-order valence-electron chi connectivity index (χ0n) is 12.5. The maximum absolute atomic E-state index is 10.3. The van der Waals surface area contributed by atoms with Crippen LogP contribution in [0.2, 0.25) is 0 Å². The molecule has 0 fully saturated rings. The number of nitrogens with zero attached hydrogens (tertiary/aromatic N) is 2. The van der Waals surface area contributed by atoms with Crippen LogP contribution in [-0.4, -0.2) is 32.8 Å². The Bertz CT molecular complexity index is 822. The summed E-state index contributed by atoms with van der Waals surface area (Å²) in [5, 5.41) is 31.3. The minimum absolute atomic E-state index is 0. The van der Waals surface area contributed by atoms with Gasteiger partial charge in [-0.1, -0.05) is 36.4 Å². The molecule has 0 aromatic heterocycles. The minimum atomic E-state index is -0.175. The molecule has 1 radical (unpaired) electrons. The normalized spacial score (nSPS) is 17.0. The summed E-state index contributed by atoms with van der Waals surface area (Å²) in [7, 11) is 0. The zero-order valence-corrected chi connectivity index (χ0v) is 13.5. The molecule has 0 unspecified atom stereocenters. The van der Waals surface area contributed by atoms with E-state index in [1.807, 2.05) is 12.1 Å². The average molecular weight is 388 g/mol. The van der Waals surface area contributed by atoms with Gasteiger partial charge >= 0.3 is 11.8 Å². The summed E-state index contributed by atoms with van der Waals surface area (Å²) in [6, 6.07) is 14.2. The quantitative estimate of drug-likeness (QED) is 0.404. The van der Waals surface area contributed by atoms with Crippen LogP contribution < -0.4 is 10.6 Å². The Balaban J connectivity index is 0.000000173. The van der Waals surface area contributed by atoms with Crippen molar-refractivity contribution < 1.29 is 26.7 Å². The van der Waals surface area contributed by atoms with Crippen LogP contribution in [-0.2, 0) is 17.1 Å². The molecule has 2 aromatic rings. The van der Waals surface area contributed by atoms with Gasteiger partial charge in [-0.15, -0.1) is 0 Å². The molecule has 0 saturated heterocycles. The Labute approximate surface area is 152 Å². The topological polar surface area (TPSA) is 138 Å². The number of rotatable bonds is 0.